The molecule has 12 nitrogen and oxygen atoms in total. The van der Waals surface area contributed by atoms with Gasteiger partial charge < -0.3 is 34.5 Å². The number of hydrogen-bond acceptors (Lipinski definition) is 11. The van der Waals surface area contributed by atoms with Gasteiger partial charge in [0, 0.05) is 43.5 Å². The molecule has 224 valence electrons. The van der Waals surface area contributed by atoms with Gasteiger partial charge in [0.25, 0.3) is 10.0 Å². The minimum Gasteiger partial charge on any atom is -0.457 e. The Balaban J connectivity index is 1.25. The van der Waals surface area contributed by atoms with Crippen molar-refractivity contribution in [2.24, 2.45) is 0 Å². The Morgan fingerprint density at radius 1 is 1.07 bits per heavy atom. The molecule has 13 heteroatoms. The van der Waals surface area contributed by atoms with Gasteiger partial charge >= 0.3 is 0 Å². The summed E-state index contributed by atoms with van der Waals surface area (Å²) in [6.45, 7) is 4.43. The number of fused-ring (bicyclic) bond motifs is 1. The number of nitrogens with one attached hydrogen (secondary N) is 2. The molecule has 2 saturated heterocycles. The lowest BCUT2D eigenvalue weighted by atomic mass is 9.99. The summed E-state index contributed by atoms with van der Waals surface area (Å²) in [5.41, 5.74) is 1.81. The maximum Gasteiger partial charge on any atom is 0.251 e. The number of nitriles is 1. The molecular weight excluding hydrogens is 564 g/mol. The van der Waals surface area contributed by atoms with Gasteiger partial charge in [-0.2, -0.15) is 5.26 Å². The second-order valence-electron chi connectivity index (χ2n) is 10.2. The van der Waals surface area contributed by atoms with Gasteiger partial charge in [0.1, 0.15) is 35.9 Å². The SMILES string of the molecule is N#C/C(=C\c1ccc(-c2ccc3cc(NCCN4CCOCC4)ccc3c2)o1)S(=O)(=O)NC1CO[C@H](CO)[C@@H](O)[C@@H]1O. The van der Waals surface area contributed by atoms with Crippen molar-refractivity contribution in [1.29, 1.82) is 5.26 Å². The molecule has 0 amide bonds. The number of morpholine rings is 1. The average Bonchev–Trinajstić information content (AvgIpc) is 3.47. The van der Waals surface area contributed by atoms with Gasteiger partial charge in [-0.1, -0.05) is 18.2 Å². The Morgan fingerprint density at radius 2 is 1.83 bits per heavy atom. The van der Waals surface area contributed by atoms with E-state index in [9.17, 15) is 29.0 Å². The summed E-state index contributed by atoms with van der Waals surface area (Å²) in [5.74, 6) is 0.639. The second-order valence-corrected chi connectivity index (χ2v) is 11.9. The van der Waals surface area contributed by atoms with Crippen molar-refractivity contribution in [2.75, 3.05) is 57.9 Å². The maximum atomic E-state index is 12.9. The average molecular weight is 599 g/mol. The van der Waals surface area contributed by atoms with Crippen LogP contribution in [0.3, 0.4) is 0 Å². The number of nitrogens with zero attached hydrogens (tertiary/aromatic N) is 2. The van der Waals surface area contributed by atoms with E-state index in [4.69, 9.17) is 13.9 Å². The minimum atomic E-state index is -4.39. The number of ether oxygens (including phenoxy) is 2. The highest BCUT2D eigenvalue weighted by molar-refractivity contribution is 7.93. The molecule has 0 spiro atoms. The first kappa shape index (κ1) is 30.1. The van der Waals surface area contributed by atoms with Gasteiger partial charge in [0.2, 0.25) is 0 Å². The van der Waals surface area contributed by atoms with Crippen LogP contribution in [0.2, 0.25) is 0 Å². The van der Waals surface area contributed by atoms with Gasteiger partial charge in [-0.15, -0.1) is 0 Å². The van der Waals surface area contributed by atoms with Gasteiger partial charge in [-0.3, -0.25) is 4.90 Å². The maximum absolute atomic E-state index is 12.9. The van der Waals surface area contributed by atoms with Crippen LogP contribution in [0.25, 0.3) is 28.2 Å². The molecule has 0 saturated carbocycles. The fraction of sp³-hybridized carbons (Fsp3) is 0.414. The second kappa shape index (κ2) is 13.3. The molecule has 1 aromatic heterocycles. The molecule has 2 aliphatic heterocycles. The number of allylic oxidation sites excluding steroid dienone is 1. The molecule has 5 rings (SSSR count). The number of hydrogen-bond donors (Lipinski definition) is 5. The Bertz CT molecular complexity index is 1560. The van der Waals surface area contributed by atoms with Crippen molar-refractivity contribution in [3.8, 4) is 17.4 Å². The molecule has 2 fully saturated rings. The fourth-order valence-electron chi connectivity index (χ4n) is 4.99. The van der Waals surface area contributed by atoms with Crippen LogP contribution in [0, 0.1) is 11.3 Å². The number of anilines is 1. The summed E-state index contributed by atoms with van der Waals surface area (Å²) in [6.07, 6.45) is -2.97. The van der Waals surface area contributed by atoms with Crippen LogP contribution in [0.1, 0.15) is 5.76 Å². The zero-order chi connectivity index (χ0) is 29.7. The van der Waals surface area contributed by atoms with E-state index in [1.165, 1.54) is 0 Å². The number of aliphatic hydroxyl groups excluding tert-OH is 3. The Hall–Kier alpha value is -3.32. The van der Waals surface area contributed by atoms with E-state index < -0.39 is 45.9 Å². The summed E-state index contributed by atoms with van der Waals surface area (Å²) in [4.78, 5) is 1.73. The number of aliphatic hydroxyl groups is 3. The highest BCUT2D eigenvalue weighted by Crippen LogP contribution is 2.29. The summed E-state index contributed by atoms with van der Waals surface area (Å²) in [7, 11) is -4.39. The Kier molecular flexibility index (Phi) is 9.57. The molecule has 0 aliphatic carbocycles. The molecule has 2 aromatic carbocycles. The largest absolute Gasteiger partial charge is 0.457 e. The van der Waals surface area contributed by atoms with Crippen LogP contribution in [-0.4, -0.2) is 106 Å². The van der Waals surface area contributed by atoms with E-state index in [2.05, 4.69) is 21.0 Å². The van der Waals surface area contributed by atoms with Crippen LogP contribution in [-0.2, 0) is 19.5 Å². The molecule has 3 heterocycles. The summed E-state index contributed by atoms with van der Waals surface area (Å²) < 4.78 is 44.4. The third-order valence-electron chi connectivity index (χ3n) is 7.40. The predicted octanol–water partition coefficient (Wildman–Crippen LogP) is 1.11. The highest BCUT2D eigenvalue weighted by atomic mass is 32.2. The summed E-state index contributed by atoms with van der Waals surface area (Å²) >= 11 is 0. The molecule has 5 N–H and O–H groups in total. The third kappa shape index (κ3) is 7.00. The van der Waals surface area contributed by atoms with E-state index in [0.717, 1.165) is 67.5 Å². The Labute approximate surface area is 243 Å². The summed E-state index contributed by atoms with van der Waals surface area (Å²) in [5, 5.41) is 44.6. The first-order valence-corrected chi connectivity index (χ1v) is 15.2. The lowest BCUT2D eigenvalue weighted by molar-refractivity contribution is -0.158. The highest BCUT2D eigenvalue weighted by Gasteiger charge is 2.40. The quantitative estimate of drug-likeness (QED) is 0.211. The number of furan rings is 1. The van der Waals surface area contributed by atoms with Crippen molar-refractivity contribution in [1.82, 2.24) is 9.62 Å². The Morgan fingerprint density at radius 3 is 2.60 bits per heavy atom. The van der Waals surface area contributed by atoms with Crippen molar-refractivity contribution >= 4 is 32.6 Å². The number of benzene rings is 2. The van der Waals surface area contributed by atoms with Gasteiger partial charge in [0.15, 0.2) is 4.91 Å². The van der Waals surface area contributed by atoms with Gasteiger partial charge in [-0.25, -0.2) is 13.1 Å². The van der Waals surface area contributed by atoms with E-state index in [1.807, 2.05) is 30.3 Å². The van der Waals surface area contributed by atoms with Crippen molar-refractivity contribution in [2.45, 2.75) is 24.4 Å². The molecule has 42 heavy (non-hydrogen) atoms. The number of sulfonamides is 1. The molecule has 2 aliphatic rings. The molecule has 0 bridgehead atoms. The van der Waals surface area contributed by atoms with Crippen molar-refractivity contribution in [3.05, 3.63) is 59.2 Å². The predicted molar refractivity (Wildman–Crippen MR) is 156 cm³/mol. The smallest absolute Gasteiger partial charge is 0.251 e. The van der Waals surface area contributed by atoms with Crippen LogP contribution < -0.4 is 10.0 Å². The van der Waals surface area contributed by atoms with Crippen LogP contribution in [0.15, 0.2) is 57.9 Å². The lowest BCUT2D eigenvalue weighted by Gasteiger charge is -2.36. The first-order valence-electron chi connectivity index (χ1n) is 13.7. The minimum absolute atomic E-state index is 0.146. The number of rotatable bonds is 10. The van der Waals surface area contributed by atoms with Crippen LogP contribution in [0.4, 0.5) is 5.69 Å². The van der Waals surface area contributed by atoms with E-state index >= 15 is 0 Å². The van der Waals surface area contributed by atoms with Crippen molar-refractivity contribution in [3.63, 3.8) is 0 Å². The first-order chi connectivity index (χ1) is 20.3. The summed E-state index contributed by atoms with van der Waals surface area (Å²) in [6, 6.07) is 15.7. The van der Waals surface area contributed by atoms with E-state index in [0.29, 0.717) is 5.76 Å². The van der Waals surface area contributed by atoms with Gasteiger partial charge in [0.05, 0.1) is 32.5 Å². The monoisotopic (exact) mass is 598 g/mol. The third-order valence-corrected chi connectivity index (χ3v) is 8.81. The molecule has 4 atom stereocenters. The van der Waals surface area contributed by atoms with Crippen LogP contribution in [0.5, 0.6) is 0 Å². The normalized spacial score (nSPS) is 24.0. The molecule has 1 unspecified atom stereocenters. The lowest BCUT2D eigenvalue weighted by Crippen LogP contribution is -2.59. The standard InChI is InChI=1S/C29H34N4O8S/c30-16-24(42(37,38)32-25-18-40-27(17-34)29(36)28(25)35)15-23-5-6-26(41-23)21-2-1-20-14-22(4-3-19(20)13-21)31-7-8-33-9-11-39-12-10-33/h1-6,13-15,25,27-29,31-32,34-36H,7-12,17-18H2/b24-15+/t25?,27-,28-,29-/m1/s1. The zero-order valence-corrected chi connectivity index (χ0v) is 23.7. The fourth-order valence-corrected chi connectivity index (χ4v) is 6.11. The topological polar surface area (TPSA) is 178 Å². The van der Waals surface area contributed by atoms with Crippen LogP contribution >= 0.6 is 0 Å². The molecule has 0 radical (unpaired) electrons. The van der Waals surface area contributed by atoms with E-state index in [1.54, 1.807) is 18.2 Å². The van der Waals surface area contributed by atoms with E-state index in [-0.39, 0.29) is 12.4 Å². The molecule has 3 aromatic rings. The van der Waals surface area contributed by atoms with Crippen molar-refractivity contribution < 1.29 is 37.6 Å². The van der Waals surface area contributed by atoms with Gasteiger partial charge in [-0.05, 0) is 41.1 Å². The zero-order valence-electron chi connectivity index (χ0n) is 22.8. The molecular formula is C29H34N4O8S.